The number of carbonyl (C=O) groups is 2. The van der Waals surface area contributed by atoms with E-state index < -0.39 is 6.10 Å². The third-order valence-corrected chi connectivity index (χ3v) is 5.54. The van der Waals surface area contributed by atoms with E-state index in [9.17, 15) is 9.90 Å². The summed E-state index contributed by atoms with van der Waals surface area (Å²) in [4.78, 5) is 31.2. The second-order valence-electron chi connectivity index (χ2n) is 7.03. The van der Waals surface area contributed by atoms with Crippen LogP contribution in [-0.2, 0) is 4.79 Å². The molecule has 1 amide bonds. The summed E-state index contributed by atoms with van der Waals surface area (Å²) in [7, 11) is 1.55. The zero-order valence-corrected chi connectivity index (χ0v) is 15.6. The van der Waals surface area contributed by atoms with Gasteiger partial charge in [0.25, 0.3) is 12.4 Å². The first-order valence-electron chi connectivity index (χ1n) is 9.09. The zero-order valence-electron chi connectivity index (χ0n) is 15.6. The molecule has 1 saturated heterocycles. The lowest BCUT2D eigenvalue weighted by Gasteiger charge is -2.35. The minimum atomic E-state index is -0.402. The SMILES string of the molecule is COc1cnccc1C(=O)N1C[C@H]2C[C@@H](n3ccnc3)[C@H](O)C[C@H]2C1.O=CO. The van der Waals surface area contributed by atoms with E-state index in [0.717, 1.165) is 6.42 Å². The van der Waals surface area contributed by atoms with Gasteiger partial charge in [-0.25, -0.2) is 4.98 Å². The molecule has 4 atom stereocenters. The summed E-state index contributed by atoms with van der Waals surface area (Å²) in [5, 5.41) is 17.4. The molecule has 9 heteroatoms. The van der Waals surface area contributed by atoms with Crippen molar-refractivity contribution < 1.29 is 24.5 Å². The number of methoxy groups -OCH3 is 1. The van der Waals surface area contributed by atoms with Crippen molar-refractivity contribution in [2.45, 2.75) is 25.0 Å². The average molecular weight is 388 g/mol. The van der Waals surface area contributed by atoms with Crippen molar-refractivity contribution in [3.05, 3.63) is 42.7 Å². The lowest BCUT2D eigenvalue weighted by molar-refractivity contribution is -0.122. The number of fused-ring (bicyclic) bond motifs is 1. The number of hydrogen-bond donors (Lipinski definition) is 2. The molecule has 2 N–H and O–H groups in total. The zero-order chi connectivity index (χ0) is 20.1. The average Bonchev–Trinajstić information content (AvgIpc) is 3.36. The fourth-order valence-corrected chi connectivity index (χ4v) is 4.25. The fourth-order valence-electron chi connectivity index (χ4n) is 4.25. The van der Waals surface area contributed by atoms with Crippen LogP contribution in [0.1, 0.15) is 29.2 Å². The molecule has 3 heterocycles. The Bertz CT molecular complexity index is 797. The van der Waals surface area contributed by atoms with Gasteiger partial charge in [-0.1, -0.05) is 0 Å². The number of carbonyl (C=O) groups excluding carboxylic acids is 1. The second-order valence-corrected chi connectivity index (χ2v) is 7.03. The molecule has 2 aromatic rings. The minimum Gasteiger partial charge on any atom is -0.494 e. The molecular weight excluding hydrogens is 364 g/mol. The van der Waals surface area contributed by atoms with Crippen molar-refractivity contribution in [3.63, 3.8) is 0 Å². The third-order valence-electron chi connectivity index (χ3n) is 5.54. The molecule has 2 aliphatic rings. The van der Waals surface area contributed by atoms with Crippen LogP contribution in [0.25, 0.3) is 0 Å². The molecule has 0 bridgehead atoms. The lowest BCUT2D eigenvalue weighted by Crippen LogP contribution is -2.35. The summed E-state index contributed by atoms with van der Waals surface area (Å²) in [5.41, 5.74) is 0.544. The second kappa shape index (κ2) is 8.83. The van der Waals surface area contributed by atoms with Gasteiger partial charge in [0.15, 0.2) is 0 Å². The van der Waals surface area contributed by atoms with Crippen molar-refractivity contribution in [3.8, 4) is 5.75 Å². The summed E-state index contributed by atoms with van der Waals surface area (Å²) < 4.78 is 7.25. The highest BCUT2D eigenvalue weighted by atomic mass is 16.5. The van der Waals surface area contributed by atoms with E-state index >= 15 is 0 Å². The number of aliphatic hydroxyl groups is 1. The van der Waals surface area contributed by atoms with E-state index in [4.69, 9.17) is 14.6 Å². The van der Waals surface area contributed by atoms with Crippen LogP contribution in [0.2, 0.25) is 0 Å². The van der Waals surface area contributed by atoms with Crippen molar-refractivity contribution >= 4 is 12.4 Å². The van der Waals surface area contributed by atoms with Gasteiger partial charge in [-0.15, -0.1) is 0 Å². The summed E-state index contributed by atoms with van der Waals surface area (Å²) in [5.74, 6) is 1.21. The predicted octanol–water partition coefficient (Wildman–Crippen LogP) is 1.07. The highest BCUT2D eigenvalue weighted by Gasteiger charge is 2.43. The third kappa shape index (κ3) is 3.99. The standard InChI is InChI=1S/C18H22N4O3.CH2O2/c1-25-17-8-19-3-2-14(17)18(24)22-9-12-6-15(21-5-4-20-11-21)16(23)7-13(12)10-22;2-1-3/h2-5,8,11-13,15-16,23H,6-7,9-10H2,1H3;1H,(H,2,3)/t12-,13+,15-,16-;/m1./s1. The first-order valence-corrected chi connectivity index (χ1v) is 9.09. The molecule has 150 valence electrons. The van der Waals surface area contributed by atoms with E-state index in [-0.39, 0.29) is 18.4 Å². The number of carboxylic acid groups (broad SMARTS) is 1. The molecule has 2 fully saturated rings. The van der Waals surface area contributed by atoms with Crippen LogP contribution in [0.15, 0.2) is 37.2 Å². The van der Waals surface area contributed by atoms with Crippen LogP contribution >= 0.6 is 0 Å². The number of imidazole rings is 1. The van der Waals surface area contributed by atoms with Gasteiger partial charge in [-0.2, -0.15) is 0 Å². The molecular formula is C19H24N4O5. The van der Waals surface area contributed by atoms with Crippen LogP contribution in [0.3, 0.4) is 0 Å². The van der Waals surface area contributed by atoms with Crippen LogP contribution in [-0.4, -0.2) is 68.3 Å². The molecule has 1 aliphatic heterocycles. The Hall–Kier alpha value is -2.94. The van der Waals surface area contributed by atoms with Crippen molar-refractivity contribution in [2.75, 3.05) is 20.2 Å². The Morgan fingerprint density at radius 3 is 2.61 bits per heavy atom. The van der Waals surface area contributed by atoms with Crippen molar-refractivity contribution in [1.82, 2.24) is 19.4 Å². The fraction of sp³-hybridized carbons (Fsp3) is 0.474. The molecule has 1 aliphatic carbocycles. The maximum Gasteiger partial charge on any atom is 0.290 e. The van der Waals surface area contributed by atoms with Gasteiger partial charge >= 0.3 is 0 Å². The van der Waals surface area contributed by atoms with Gasteiger partial charge < -0.3 is 24.4 Å². The summed E-state index contributed by atoms with van der Waals surface area (Å²) in [6.45, 7) is 1.15. The molecule has 1 saturated carbocycles. The molecule has 4 rings (SSSR count). The number of ether oxygens (including phenoxy) is 1. The van der Waals surface area contributed by atoms with E-state index in [1.807, 2.05) is 15.7 Å². The van der Waals surface area contributed by atoms with Crippen molar-refractivity contribution in [1.29, 1.82) is 0 Å². The maximum atomic E-state index is 12.9. The topological polar surface area (TPSA) is 118 Å². The number of likely N-dealkylation sites (tertiary alicyclic amines) is 1. The van der Waals surface area contributed by atoms with Gasteiger partial charge in [-0.05, 0) is 30.7 Å². The predicted molar refractivity (Wildman–Crippen MR) is 98.9 cm³/mol. The molecule has 0 radical (unpaired) electrons. The summed E-state index contributed by atoms with van der Waals surface area (Å²) in [6.07, 6.45) is 9.73. The minimum absolute atomic E-state index is 0.0256. The highest BCUT2D eigenvalue weighted by molar-refractivity contribution is 5.96. The molecule has 9 nitrogen and oxygen atoms in total. The quantitative estimate of drug-likeness (QED) is 0.755. The van der Waals surface area contributed by atoms with Gasteiger partial charge in [0, 0.05) is 31.7 Å². The normalized spacial score (nSPS) is 26.0. The largest absolute Gasteiger partial charge is 0.494 e. The first-order chi connectivity index (χ1) is 13.6. The van der Waals surface area contributed by atoms with E-state index in [1.165, 1.54) is 0 Å². The number of rotatable bonds is 3. The Kier molecular flexibility index (Phi) is 6.25. The number of nitrogens with zero attached hydrogens (tertiary/aromatic N) is 4. The van der Waals surface area contributed by atoms with E-state index in [0.29, 0.717) is 42.7 Å². The number of pyridine rings is 1. The number of amides is 1. The summed E-state index contributed by atoms with van der Waals surface area (Å²) >= 11 is 0. The van der Waals surface area contributed by atoms with Gasteiger partial charge in [0.05, 0.1) is 37.3 Å². The highest BCUT2D eigenvalue weighted by Crippen LogP contribution is 2.41. The molecule has 0 unspecified atom stereocenters. The van der Waals surface area contributed by atoms with Gasteiger partial charge in [-0.3, -0.25) is 14.6 Å². The molecule has 28 heavy (non-hydrogen) atoms. The monoisotopic (exact) mass is 388 g/mol. The number of aromatic nitrogens is 3. The van der Waals surface area contributed by atoms with Crippen molar-refractivity contribution in [2.24, 2.45) is 11.8 Å². The lowest BCUT2D eigenvalue weighted by atomic mass is 9.77. The number of aliphatic hydroxyl groups excluding tert-OH is 1. The van der Waals surface area contributed by atoms with E-state index in [2.05, 4.69) is 9.97 Å². The summed E-state index contributed by atoms with van der Waals surface area (Å²) in [6, 6.07) is 1.74. The van der Waals surface area contributed by atoms with E-state index in [1.54, 1.807) is 38.1 Å². The molecule has 0 spiro atoms. The van der Waals surface area contributed by atoms with Gasteiger partial charge in [0.2, 0.25) is 0 Å². The van der Waals surface area contributed by atoms with Crippen LogP contribution in [0.5, 0.6) is 5.75 Å². The Morgan fingerprint density at radius 1 is 1.25 bits per heavy atom. The van der Waals surface area contributed by atoms with Gasteiger partial charge in [0.1, 0.15) is 5.75 Å². The molecule has 0 aromatic carbocycles. The van der Waals surface area contributed by atoms with Crippen LogP contribution in [0.4, 0.5) is 0 Å². The first kappa shape index (κ1) is 19.8. The van der Waals surface area contributed by atoms with Crippen LogP contribution in [0, 0.1) is 11.8 Å². The smallest absolute Gasteiger partial charge is 0.290 e. The Morgan fingerprint density at radius 2 is 1.96 bits per heavy atom. The molecule has 2 aromatic heterocycles. The number of hydrogen-bond acceptors (Lipinski definition) is 6. The Balaban J connectivity index is 0.000000706. The Labute approximate surface area is 162 Å². The maximum absolute atomic E-state index is 12.9. The van der Waals surface area contributed by atoms with Crippen LogP contribution < -0.4 is 4.74 Å².